The number of aryl methyl sites for hydroxylation is 1. The second kappa shape index (κ2) is 11.9. The van der Waals surface area contributed by atoms with Crippen LogP contribution in [0.2, 0.25) is 5.02 Å². The number of carbonyl (C=O) groups is 2. The summed E-state index contributed by atoms with van der Waals surface area (Å²) in [7, 11) is 0. The van der Waals surface area contributed by atoms with Crippen LogP contribution in [0.4, 0.5) is 0 Å². The predicted octanol–water partition coefficient (Wildman–Crippen LogP) is 5.07. The van der Waals surface area contributed by atoms with Gasteiger partial charge in [-0.25, -0.2) is 0 Å². The average molecular weight is 433 g/mol. The zero-order chi connectivity index (χ0) is 21.2. The van der Waals surface area contributed by atoms with Gasteiger partial charge in [0.2, 0.25) is 11.8 Å². The average Bonchev–Trinajstić information content (AvgIpc) is 2.71. The minimum Gasteiger partial charge on any atom is -0.355 e. The smallest absolute Gasteiger partial charge is 0.242 e. The Morgan fingerprint density at radius 1 is 1.10 bits per heavy atom. The second-order valence-electron chi connectivity index (χ2n) is 6.82. The lowest BCUT2D eigenvalue weighted by Crippen LogP contribution is -2.49. The fourth-order valence-corrected chi connectivity index (χ4v) is 4.08. The van der Waals surface area contributed by atoms with Crippen molar-refractivity contribution in [1.82, 2.24) is 10.2 Å². The van der Waals surface area contributed by atoms with E-state index in [4.69, 9.17) is 11.6 Å². The van der Waals surface area contributed by atoms with Crippen LogP contribution in [0.5, 0.6) is 0 Å². The Morgan fingerprint density at radius 2 is 1.79 bits per heavy atom. The standard InChI is InChI=1S/C23H29ClN2O2S/c1-4-21(23(28)25-5-2)26(16-18-9-7-6-8-17(18)3)22(27)14-15-29-20-12-10-19(24)11-13-20/h6-13,21H,4-5,14-16H2,1-3H3,(H,25,28). The second-order valence-corrected chi connectivity index (χ2v) is 8.42. The normalized spacial score (nSPS) is 11.7. The highest BCUT2D eigenvalue weighted by Crippen LogP contribution is 2.22. The summed E-state index contributed by atoms with van der Waals surface area (Å²) in [6.07, 6.45) is 0.947. The van der Waals surface area contributed by atoms with Crippen LogP contribution in [0.1, 0.15) is 37.8 Å². The number of likely N-dealkylation sites (N-methyl/N-ethyl adjacent to an activating group) is 1. The maximum absolute atomic E-state index is 13.1. The molecule has 0 bridgehead atoms. The number of halogens is 1. The van der Waals surface area contributed by atoms with Gasteiger partial charge >= 0.3 is 0 Å². The third-order valence-corrected chi connectivity index (χ3v) is 6.00. The molecular weight excluding hydrogens is 404 g/mol. The summed E-state index contributed by atoms with van der Waals surface area (Å²) in [5, 5.41) is 3.57. The monoisotopic (exact) mass is 432 g/mol. The van der Waals surface area contributed by atoms with Gasteiger partial charge in [-0.3, -0.25) is 9.59 Å². The Balaban J connectivity index is 2.11. The number of hydrogen-bond donors (Lipinski definition) is 1. The van der Waals surface area contributed by atoms with Crippen LogP contribution < -0.4 is 5.32 Å². The van der Waals surface area contributed by atoms with E-state index in [-0.39, 0.29) is 11.8 Å². The van der Waals surface area contributed by atoms with Crippen LogP contribution in [0.3, 0.4) is 0 Å². The van der Waals surface area contributed by atoms with Gasteiger partial charge in [-0.1, -0.05) is 42.8 Å². The zero-order valence-electron chi connectivity index (χ0n) is 17.3. The van der Waals surface area contributed by atoms with Crippen LogP contribution >= 0.6 is 23.4 Å². The number of benzene rings is 2. The van der Waals surface area contributed by atoms with Crippen molar-refractivity contribution in [2.45, 2.75) is 51.1 Å². The summed E-state index contributed by atoms with van der Waals surface area (Å²) in [6, 6.07) is 15.1. The van der Waals surface area contributed by atoms with E-state index in [1.807, 2.05) is 69.3 Å². The number of nitrogens with zero attached hydrogens (tertiary/aromatic N) is 1. The minimum atomic E-state index is -0.470. The molecule has 1 N–H and O–H groups in total. The predicted molar refractivity (Wildman–Crippen MR) is 121 cm³/mol. The third-order valence-electron chi connectivity index (χ3n) is 4.74. The van der Waals surface area contributed by atoms with E-state index in [1.165, 1.54) is 0 Å². The summed E-state index contributed by atoms with van der Waals surface area (Å²) >= 11 is 7.54. The van der Waals surface area contributed by atoms with Crippen molar-refractivity contribution in [2.75, 3.05) is 12.3 Å². The Labute approximate surface area is 183 Å². The summed E-state index contributed by atoms with van der Waals surface area (Å²) < 4.78 is 0. The van der Waals surface area contributed by atoms with Crippen molar-refractivity contribution >= 4 is 35.2 Å². The molecule has 1 unspecified atom stereocenters. The molecule has 2 amide bonds. The Morgan fingerprint density at radius 3 is 2.41 bits per heavy atom. The summed E-state index contributed by atoms with van der Waals surface area (Å²) in [6.45, 7) is 6.85. The van der Waals surface area contributed by atoms with Crippen molar-refractivity contribution in [3.8, 4) is 0 Å². The third kappa shape index (κ3) is 7.09. The van der Waals surface area contributed by atoms with Gasteiger partial charge in [0.25, 0.3) is 0 Å². The largest absolute Gasteiger partial charge is 0.355 e. The molecule has 0 aliphatic carbocycles. The number of amides is 2. The minimum absolute atomic E-state index is 0.00665. The van der Waals surface area contributed by atoms with Crippen LogP contribution in [0, 0.1) is 6.92 Å². The van der Waals surface area contributed by atoms with Crippen molar-refractivity contribution in [1.29, 1.82) is 0 Å². The maximum Gasteiger partial charge on any atom is 0.242 e. The number of hydrogen-bond acceptors (Lipinski definition) is 3. The Kier molecular flexibility index (Phi) is 9.55. The molecule has 0 aromatic heterocycles. The van der Waals surface area contributed by atoms with E-state index >= 15 is 0 Å². The van der Waals surface area contributed by atoms with Crippen molar-refractivity contribution in [2.24, 2.45) is 0 Å². The molecule has 156 valence electrons. The molecular formula is C23H29ClN2O2S. The molecule has 0 spiro atoms. The van der Waals surface area contributed by atoms with Crippen molar-refractivity contribution in [3.05, 3.63) is 64.7 Å². The first kappa shape index (κ1) is 23.3. The lowest BCUT2D eigenvalue weighted by atomic mass is 10.1. The maximum atomic E-state index is 13.1. The van der Waals surface area contributed by atoms with Gasteiger partial charge in [0.05, 0.1) is 0 Å². The van der Waals surface area contributed by atoms with E-state index < -0.39 is 6.04 Å². The Hall–Kier alpha value is -1.98. The fourth-order valence-electron chi connectivity index (χ4n) is 3.11. The first-order valence-electron chi connectivity index (χ1n) is 9.96. The number of carbonyl (C=O) groups excluding carboxylic acids is 2. The van der Waals surface area contributed by atoms with Gasteiger partial charge in [-0.05, 0) is 55.7 Å². The zero-order valence-corrected chi connectivity index (χ0v) is 18.9. The molecule has 0 aliphatic rings. The number of rotatable bonds is 10. The molecule has 0 saturated carbocycles. The van der Waals surface area contributed by atoms with Gasteiger partial charge < -0.3 is 10.2 Å². The van der Waals surface area contributed by atoms with Crippen LogP contribution in [-0.2, 0) is 16.1 Å². The van der Waals surface area contributed by atoms with Gasteiger partial charge in [0.1, 0.15) is 6.04 Å². The van der Waals surface area contributed by atoms with Gasteiger partial charge in [-0.2, -0.15) is 0 Å². The highest BCUT2D eigenvalue weighted by molar-refractivity contribution is 7.99. The molecule has 0 aliphatic heterocycles. The van der Waals surface area contributed by atoms with Gasteiger partial charge in [-0.15, -0.1) is 11.8 Å². The highest BCUT2D eigenvalue weighted by Gasteiger charge is 2.28. The topological polar surface area (TPSA) is 49.4 Å². The molecule has 2 aromatic rings. The van der Waals surface area contributed by atoms with Gasteiger partial charge in [0, 0.05) is 35.2 Å². The quantitative estimate of drug-likeness (QED) is 0.533. The SMILES string of the molecule is CCNC(=O)C(CC)N(Cc1ccccc1C)C(=O)CCSc1ccc(Cl)cc1. The lowest BCUT2D eigenvalue weighted by Gasteiger charge is -2.31. The highest BCUT2D eigenvalue weighted by atomic mass is 35.5. The summed E-state index contributed by atoms with van der Waals surface area (Å²) in [4.78, 5) is 28.5. The Bertz CT molecular complexity index is 811. The van der Waals surface area contributed by atoms with E-state index in [1.54, 1.807) is 16.7 Å². The first-order chi connectivity index (χ1) is 14.0. The van der Waals surface area contributed by atoms with Crippen molar-refractivity contribution in [3.63, 3.8) is 0 Å². The molecule has 0 saturated heterocycles. The molecule has 2 aromatic carbocycles. The number of nitrogens with one attached hydrogen (secondary N) is 1. The van der Waals surface area contributed by atoms with E-state index in [9.17, 15) is 9.59 Å². The van der Waals surface area contributed by atoms with Crippen LogP contribution in [0.25, 0.3) is 0 Å². The summed E-state index contributed by atoms with van der Waals surface area (Å²) in [5.74, 6) is 0.548. The van der Waals surface area contributed by atoms with Gasteiger partial charge in [0.15, 0.2) is 0 Å². The van der Waals surface area contributed by atoms with Crippen LogP contribution in [0.15, 0.2) is 53.4 Å². The fraction of sp³-hybridized carbons (Fsp3) is 0.391. The van der Waals surface area contributed by atoms with E-state index in [0.717, 1.165) is 16.0 Å². The molecule has 29 heavy (non-hydrogen) atoms. The molecule has 4 nitrogen and oxygen atoms in total. The summed E-state index contributed by atoms with van der Waals surface area (Å²) in [5.41, 5.74) is 2.18. The molecule has 0 heterocycles. The van der Waals surface area contributed by atoms with Crippen LogP contribution in [-0.4, -0.2) is 35.1 Å². The molecule has 2 rings (SSSR count). The molecule has 0 fully saturated rings. The first-order valence-corrected chi connectivity index (χ1v) is 11.3. The van der Waals surface area contributed by atoms with E-state index in [2.05, 4.69) is 5.32 Å². The molecule has 6 heteroatoms. The van der Waals surface area contributed by atoms with E-state index in [0.29, 0.717) is 36.7 Å². The van der Waals surface area contributed by atoms with Crippen molar-refractivity contribution < 1.29 is 9.59 Å². The number of thioether (sulfide) groups is 1. The molecule has 1 atom stereocenters. The molecule has 0 radical (unpaired) electrons. The lowest BCUT2D eigenvalue weighted by molar-refractivity contribution is -0.141.